The van der Waals surface area contributed by atoms with Gasteiger partial charge in [-0.05, 0) is 43.5 Å². The van der Waals surface area contributed by atoms with Gasteiger partial charge in [-0.25, -0.2) is 4.39 Å². The second kappa shape index (κ2) is 5.27. The lowest BCUT2D eigenvalue weighted by Crippen LogP contribution is -2.28. The Balaban J connectivity index is 2.02. The molecule has 0 spiro atoms. The molecule has 1 aromatic rings. The molecule has 3 nitrogen and oxygen atoms in total. The van der Waals surface area contributed by atoms with Crippen LogP contribution in [-0.2, 0) is 9.53 Å². The third-order valence-corrected chi connectivity index (χ3v) is 3.04. The van der Waals surface area contributed by atoms with Crippen LogP contribution >= 0.6 is 0 Å². The largest absolute Gasteiger partial charge is 0.381 e. The molecule has 0 bridgehead atoms. The van der Waals surface area contributed by atoms with E-state index in [1.54, 1.807) is 13.0 Å². The number of rotatable bonds is 2. The average Bonchev–Trinajstić information content (AvgIpc) is 2.34. The van der Waals surface area contributed by atoms with Crippen LogP contribution in [0.3, 0.4) is 0 Å². The van der Waals surface area contributed by atoms with Crippen molar-refractivity contribution in [2.45, 2.75) is 19.8 Å². The Bertz CT molecular complexity index is 414. The Labute approximate surface area is 100.0 Å². The zero-order valence-electron chi connectivity index (χ0n) is 9.83. The van der Waals surface area contributed by atoms with Gasteiger partial charge in [0.2, 0.25) is 5.91 Å². The first-order chi connectivity index (χ1) is 8.16. The molecule has 0 saturated carbocycles. The van der Waals surface area contributed by atoms with Gasteiger partial charge >= 0.3 is 0 Å². The molecule has 1 heterocycles. The number of nitrogens with one attached hydrogen (secondary N) is 1. The lowest BCUT2D eigenvalue weighted by molar-refractivity contribution is -0.122. The van der Waals surface area contributed by atoms with Crippen LogP contribution in [0.15, 0.2) is 18.2 Å². The number of ether oxygens (including phenoxy) is 1. The summed E-state index contributed by atoms with van der Waals surface area (Å²) >= 11 is 0. The molecule has 0 radical (unpaired) electrons. The number of anilines is 1. The maximum atomic E-state index is 12.9. The van der Waals surface area contributed by atoms with E-state index in [0.29, 0.717) is 18.9 Å². The van der Waals surface area contributed by atoms with Crippen LogP contribution in [-0.4, -0.2) is 19.1 Å². The summed E-state index contributed by atoms with van der Waals surface area (Å²) in [6.07, 6.45) is 1.51. The summed E-state index contributed by atoms with van der Waals surface area (Å²) in [6.45, 7) is 3.06. The highest BCUT2D eigenvalue weighted by Crippen LogP contribution is 2.20. The molecule has 1 aliphatic heterocycles. The quantitative estimate of drug-likeness (QED) is 0.858. The van der Waals surface area contributed by atoms with Crippen molar-refractivity contribution in [3.8, 4) is 0 Å². The van der Waals surface area contributed by atoms with E-state index in [9.17, 15) is 9.18 Å². The molecule has 0 aromatic heterocycles. The summed E-state index contributed by atoms with van der Waals surface area (Å²) < 4.78 is 18.1. The number of hydrogen-bond donors (Lipinski definition) is 1. The summed E-state index contributed by atoms with van der Waals surface area (Å²) in [5.74, 6) is -0.275. The van der Waals surface area contributed by atoms with Crippen LogP contribution in [0.4, 0.5) is 10.1 Å². The van der Waals surface area contributed by atoms with Crippen LogP contribution in [0.2, 0.25) is 0 Å². The molecule has 1 saturated heterocycles. The summed E-state index contributed by atoms with van der Waals surface area (Å²) in [5.41, 5.74) is 1.42. The maximum Gasteiger partial charge on any atom is 0.227 e. The summed E-state index contributed by atoms with van der Waals surface area (Å²) in [4.78, 5) is 11.9. The maximum absolute atomic E-state index is 12.9. The summed E-state index contributed by atoms with van der Waals surface area (Å²) in [7, 11) is 0. The molecule has 1 aliphatic rings. The molecule has 0 atom stereocenters. The molecule has 92 valence electrons. The zero-order valence-corrected chi connectivity index (χ0v) is 9.83. The molecule has 1 fully saturated rings. The first-order valence-electron chi connectivity index (χ1n) is 5.81. The van der Waals surface area contributed by atoms with Crippen molar-refractivity contribution >= 4 is 11.6 Å². The third kappa shape index (κ3) is 3.03. The van der Waals surface area contributed by atoms with E-state index in [0.717, 1.165) is 18.4 Å². The SMILES string of the molecule is Cc1cc(F)ccc1NC(=O)C1CCOCC1. The number of carbonyl (C=O) groups is 1. The highest BCUT2D eigenvalue weighted by Gasteiger charge is 2.21. The van der Waals surface area contributed by atoms with Crippen LogP contribution in [0.25, 0.3) is 0 Å². The number of hydrogen-bond acceptors (Lipinski definition) is 2. The van der Waals surface area contributed by atoms with Crippen molar-refractivity contribution in [1.82, 2.24) is 0 Å². The first kappa shape index (κ1) is 12.0. The highest BCUT2D eigenvalue weighted by atomic mass is 19.1. The van der Waals surface area contributed by atoms with E-state index in [1.807, 2.05) is 0 Å². The van der Waals surface area contributed by atoms with Gasteiger partial charge in [0.15, 0.2) is 0 Å². The van der Waals surface area contributed by atoms with Crippen molar-refractivity contribution < 1.29 is 13.9 Å². The minimum atomic E-state index is -0.286. The molecular formula is C13H16FNO2. The molecular weight excluding hydrogens is 221 g/mol. The van der Waals surface area contributed by atoms with Crippen LogP contribution in [0.1, 0.15) is 18.4 Å². The lowest BCUT2D eigenvalue weighted by Gasteiger charge is -2.21. The van der Waals surface area contributed by atoms with E-state index in [1.165, 1.54) is 12.1 Å². The van der Waals surface area contributed by atoms with Gasteiger partial charge < -0.3 is 10.1 Å². The first-order valence-corrected chi connectivity index (χ1v) is 5.81. The van der Waals surface area contributed by atoms with Gasteiger partial charge in [-0.2, -0.15) is 0 Å². The lowest BCUT2D eigenvalue weighted by atomic mass is 9.99. The average molecular weight is 237 g/mol. The highest BCUT2D eigenvalue weighted by molar-refractivity contribution is 5.93. The topological polar surface area (TPSA) is 38.3 Å². The van der Waals surface area contributed by atoms with Crippen LogP contribution in [0, 0.1) is 18.7 Å². The van der Waals surface area contributed by atoms with Gasteiger partial charge in [-0.15, -0.1) is 0 Å². The second-order valence-electron chi connectivity index (χ2n) is 4.34. The fourth-order valence-corrected chi connectivity index (χ4v) is 1.96. The molecule has 4 heteroatoms. The number of aryl methyl sites for hydroxylation is 1. The molecule has 17 heavy (non-hydrogen) atoms. The number of halogens is 1. The van der Waals surface area contributed by atoms with E-state index >= 15 is 0 Å². The third-order valence-electron chi connectivity index (χ3n) is 3.04. The van der Waals surface area contributed by atoms with Gasteiger partial charge in [0.05, 0.1) is 0 Å². The van der Waals surface area contributed by atoms with Gasteiger partial charge in [0.25, 0.3) is 0 Å². The van der Waals surface area contributed by atoms with E-state index in [4.69, 9.17) is 4.74 Å². The van der Waals surface area contributed by atoms with Gasteiger partial charge in [-0.3, -0.25) is 4.79 Å². The normalized spacial score (nSPS) is 16.8. The minimum Gasteiger partial charge on any atom is -0.381 e. The van der Waals surface area contributed by atoms with Crippen molar-refractivity contribution in [2.24, 2.45) is 5.92 Å². The fraction of sp³-hybridized carbons (Fsp3) is 0.462. The Kier molecular flexibility index (Phi) is 3.74. The summed E-state index contributed by atoms with van der Waals surface area (Å²) in [5, 5.41) is 2.85. The Hall–Kier alpha value is -1.42. The standard InChI is InChI=1S/C13H16FNO2/c1-9-8-11(14)2-3-12(9)15-13(16)10-4-6-17-7-5-10/h2-3,8,10H,4-7H2,1H3,(H,15,16). The van der Waals surface area contributed by atoms with Crippen molar-refractivity contribution in [1.29, 1.82) is 0 Å². The minimum absolute atomic E-state index is 0.00279. The van der Waals surface area contributed by atoms with Crippen LogP contribution in [0.5, 0.6) is 0 Å². The van der Waals surface area contributed by atoms with Gasteiger partial charge in [0, 0.05) is 24.8 Å². The molecule has 0 aliphatic carbocycles. The fourth-order valence-electron chi connectivity index (χ4n) is 1.96. The van der Waals surface area contributed by atoms with Gasteiger partial charge in [0.1, 0.15) is 5.82 Å². The van der Waals surface area contributed by atoms with E-state index in [-0.39, 0.29) is 17.6 Å². The van der Waals surface area contributed by atoms with E-state index in [2.05, 4.69) is 5.32 Å². The molecule has 1 aromatic carbocycles. The monoisotopic (exact) mass is 237 g/mol. The zero-order chi connectivity index (χ0) is 12.3. The van der Waals surface area contributed by atoms with E-state index < -0.39 is 0 Å². The van der Waals surface area contributed by atoms with Gasteiger partial charge in [-0.1, -0.05) is 0 Å². The van der Waals surface area contributed by atoms with Crippen molar-refractivity contribution in [2.75, 3.05) is 18.5 Å². The molecule has 0 unspecified atom stereocenters. The smallest absolute Gasteiger partial charge is 0.227 e. The second-order valence-corrected chi connectivity index (χ2v) is 4.34. The van der Waals surface area contributed by atoms with Crippen molar-refractivity contribution in [3.63, 3.8) is 0 Å². The number of benzene rings is 1. The summed E-state index contributed by atoms with van der Waals surface area (Å²) in [6, 6.07) is 4.37. The number of carbonyl (C=O) groups excluding carboxylic acids is 1. The van der Waals surface area contributed by atoms with Crippen LogP contribution < -0.4 is 5.32 Å². The Morgan fingerprint density at radius 3 is 2.76 bits per heavy atom. The Morgan fingerprint density at radius 1 is 1.41 bits per heavy atom. The number of amides is 1. The van der Waals surface area contributed by atoms with Crippen molar-refractivity contribution in [3.05, 3.63) is 29.6 Å². The molecule has 2 rings (SSSR count). The Morgan fingerprint density at radius 2 is 2.12 bits per heavy atom. The molecule has 1 N–H and O–H groups in total. The predicted molar refractivity (Wildman–Crippen MR) is 63.3 cm³/mol. The molecule has 1 amide bonds. The predicted octanol–water partition coefficient (Wildman–Crippen LogP) is 2.50.